The van der Waals surface area contributed by atoms with Crippen LogP contribution in [0.4, 0.5) is 5.69 Å². The van der Waals surface area contributed by atoms with Crippen molar-refractivity contribution >= 4 is 22.4 Å². The highest BCUT2D eigenvalue weighted by atomic mass is 16.3. The highest BCUT2D eigenvalue weighted by Crippen LogP contribution is 2.29. The summed E-state index contributed by atoms with van der Waals surface area (Å²) < 4.78 is 0. The predicted octanol–water partition coefficient (Wildman–Crippen LogP) is 2.50. The third-order valence-electron chi connectivity index (χ3n) is 2.21. The Kier molecular flexibility index (Phi) is 2.29. The van der Waals surface area contributed by atoms with Crippen molar-refractivity contribution in [3.05, 3.63) is 36.4 Å². The van der Waals surface area contributed by atoms with Gasteiger partial charge in [-0.3, -0.25) is 4.79 Å². The summed E-state index contributed by atoms with van der Waals surface area (Å²) in [7, 11) is 0. The zero-order valence-corrected chi connectivity index (χ0v) is 8.32. The molecule has 15 heavy (non-hydrogen) atoms. The van der Waals surface area contributed by atoms with Gasteiger partial charge in [0, 0.05) is 23.4 Å². The molecule has 3 nitrogen and oxygen atoms in total. The topological polar surface area (TPSA) is 49.3 Å². The Labute approximate surface area is 87.3 Å². The smallest absolute Gasteiger partial charge is 0.221 e. The monoisotopic (exact) mass is 201 g/mol. The van der Waals surface area contributed by atoms with E-state index in [4.69, 9.17) is 0 Å². The summed E-state index contributed by atoms with van der Waals surface area (Å²) >= 11 is 0. The molecule has 2 N–H and O–H groups in total. The fourth-order valence-corrected chi connectivity index (χ4v) is 1.59. The highest BCUT2D eigenvalue weighted by molar-refractivity contribution is 6.03. The first-order valence-electron chi connectivity index (χ1n) is 4.67. The summed E-state index contributed by atoms with van der Waals surface area (Å²) in [6, 6.07) is 10.7. The molecule has 2 aromatic rings. The molecule has 2 aromatic carbocycles. The molecule has 0 bridgehead atoms. The van der Waals surface area contributed by atoms with E-state index in [0.29, 0.717) is 0 Å². The molecule has 0 spiro atoms. The first-order valence-corrected chi connectivity index (χ1v) is 4.67. The van der Waals surface area contributed by atoms with E-state index in [1.165, 1.54) is 6.92 Å². The summed E-state index contributed by atoms with van der Waals surface area (Å²) in [6.07, 6.45) is 0. The van der Waals surface area contributed by atoms with Gasteiger partial charge in [-0.05, 0) is 12.1 Å². The Morgan fingerprint density at radius 1 is 1.13 bits per heavy atom. The van der Waals surface area contributed by atoms with E-state index >= 15 is 0 Å². The lowest BCUT2D eigenvalue weighted by atomic mass is 10.1. The Morgan fingerprint density at radius 3 is 2.53 bits per heavy atom. The number of amides is 1. The van der Waals surface area contributed by atoms with Crippen LogP contribution in [0.1, 0.15) is 6.92 Å². The number of benzene rings is 2. The standard InChI is InChI=1S/C12H11NO2/c1-8(14)13-11-6-2-5-10-9(11)4-3-7-12(10)15/h2-7,15H,1H3,(H,13,14). The first kappa shape index (κ1) is 9.52. The maximum atomic E-state index is 11.0. The summed E-state index contributed by atoms with van der Waals surface area (Å²) in [4.78, 5) is 11.0. The van der Waals surface area contributed by atoms with Gasteiger partial charge in [0.2, 0.25) is 5.91 Å². The molecule has 0 aliphatic heterocycles. The lowest BCUT2D eigenvalue weighted by Gasteiger charge is -2.07. The molecule has 0 radical (unpaired) electrons. The summed E-state index contributed by atoms with van der Waals surface area (Å²) in [5, 5.41) is 13.9. The van der Waals surface area contributed by atoms with Crippen molar-refractivity contribution in [2.75, 3.05) is 5.32 Å². The number of rotatable bonds is 1. The molecule has 1 amide bonds. The van der Waals surface area contributed by atoms with Gasteiger partial charge in [-0.25, -0.2) is 0 Å². The number of fused-ring (bicyclic) bond motifs is 1. The van der Waals surface area contributed by atoms with Crippen molar-refractivity contribution in [2.24, 2.45) is 0 Å². The normalized spacial score (nSPS) is 10.2. The summed E-state index contributed by atoms with van der Waals surface area (Å²) in [5.41, 5.74) is 0.718. The SMILES string of the molecule is CC(=O)Nc1cccc2c(O)cccc12. The zero-order valence-electron chi connectivity index (χ0n) is 8.32. The number of anilines is 1. The molecule has 0 saturated carbocycles. The molecule has 0 heterocycles. The first-order chi connectivity index (χ1) is 7.18. The number of carbonyl (C=O) groups excluding carboxylic acids is 1. The van der Waals surface area contributed by atoms with Gasteiger partial charge in [0.15, 0.2) is 0 Å². The van der Waals surface area contributed by atoms with Crippen molar-refractivity contribution in [2.45, 2.75) is 6.92 Å². The molecule has 76 valence electrons. The second-order valence-corrected chi connectivity index (χ2v) is 3.36. The molecule has 0 aromatic heterocycles. The van der Waals surface area contributed by atoms with Gasteiger partial charge >= 0.3 is 0 Å². The maximum absolute atomic E-state index is 11.0. The molecule has 0 saturated heterocycles. The molecule has 2 rings (SSSR count). The van der Waals surface area contributed by atoms with Crippen LogP contribution in [-0.4, -0.2) is 11.0 Å². The second kappa shape index (κ2) is 3.61. The summed E-state index contributed by atoms with van der Waals surface area (Å²) in [6.45, 7) is 1.46. The Morgan fingerprint density at radius 2 is 1.80 bits per heavy atom. The maximum Gasteiger partial charge on any atom is 0.221 e. The lowest BCUT2D eigenvalue weighted by molar-refractivity contribution is -0.114. The van der Waals surface area contributed by atoms with Crippen LogP contribution in [0.25, 0.3) is 10.8 Å². The molecule has 0 atom stereocenters. The minimum atomic E-state index is -0.120. The Balaban J connectivity index is 2.65. The predicted molar refractivity (Wildman–Crippen MR) is 59.9 cm³/mol. The molecule has 0 aliphatic rings. The van der Waals surface area contributed by atoms with Crippen molar-refractivity contribution < 1.29 is 9.90 Å². The van der Waals surface area contributed by atoms with E-state index in [2.05, 4.69) is 5.32 Å². The van der Waals surface area contributed by atoms with Crippen molar-refractivity contribution in [1.82, 2.24) is 0 Å². The van der Waals surface area contributed by atoms with E-state index in [9.17, 15) is 9.90 Å². The van der Waals surface area contributed by atoms with Crippen LogP contribution >= 0.6 is 0 Å². The van der Waals surface area contributed by atoms with Crippen LogP contribution in [0, 0.1) is 0 Å². The number of nitrogens with one attached hydrogen (secondary N) is 1. The number of aromatic hydroxyl groups is 1. The highest BCUT2D eigenvalue weighted by Gasteiger charge is 2.04. The molecular formula is C12H11NO2. The molecule has 0 aliphatic carbocycles. The van der Waals surface area contributed by atoms with Crippen LogP contribution in [0.15, 0.2) is 36.4 Å². The Hall–Kier alpha value is -2.03. The van der Waals surface area contributed by atoms with Gasteiger partial charge in [-0.1, -0.05) is 24.3 Å². The average Bonchev–Trinajstić information content (AvgIpc) is 2.19. The van der Waals surface area contributed by atoms with Gasteiger partial charge in [-0.15, -0.1) is 0 Å². The van der Waals surface area contributed by atoms with Gasteiger partial charge in [0.05, 0.1) is 0 Å². The zero-order chi connectivity index (χ0) is 10.8. The number of carbonyl (C=O) groups is 1. The second-order valence-electron chi connectivity index (χ2n) is 3.36. The lowest BCUT2D eigenvalue weighted by Crippen LogP contribution is -2.05. The van der Waals surface area contributed by atoms with Crippen molar-refractivity contribution in [1.29, 1.82) is 0 Å². The minimum Gasteiger partial charge on any atom is -0.507 e. The number of phenolic OH excluding ortho intramolecular Hbond substituents is 1. The fraction of sp³-hybridized carbons (Fsp3) is 0.0833. The van der Waals surface area contributed by atoms with Gasteiger partial charge in [0.1, 0.15) is 5.75 Å². The van der Waals surface area contributed by atoms with Gasteiger partial charge in [0.25, 0.3) is 0 Å². The Bertz CT molecular complexity index is 520. The van der Waals surface area contributed by atoms with Crippen LogP contribution in [-0.2, 0) is 4.79 Å². The quantitative estimate of drug-likeness (QED) is 0.744. The number of phenols is 1. The van der Waals surface area contributed by atoms with Crippen LogP contribution in [0.3, 0.4) is 0 Å². The minimum absolute atomic E-state index is 0.120. The van der Waals surface area contributed by atoms with E-state index in [0.717, 1.165) is 16.5 Å². The van der Waals surface area contributed by atoms with E-state index < -0.39 is 0 Å². The largest absolute Gasteiger partial charge is 0.507 e. The molecule has 0 unspecified atom stereocenters. The van der Waals surface area contributed by atoms with Gasteiger partial charge < -0.3 is 10.4 Å². The third kappa shape index (κ3) is 1.76. The molecular weight excluding hydrogens is 190 g/mol. The summed E-state index contributed by atoms with van der Waals surface area (Å²) in [5.74, 6) is 0.102. The van der Waals surface area contributed by atoms with Crippen LogP contribution in [0.2, 0.25) is 0 Å². The number of hydrogen-bond acceptors (Lipinski definition) is 2. The van der Waals surface area contributed by atoms with E-state index in [-0.39, 0.29) is 11.7 Å². The molecule has 0 fully saturated rings. The fourth-order valence-electron chi connectivity index (χ4n) is 1.59. The van der Waals surface area contributed by atoms with Crippen molar-refractivity contribution in [3.8, 4) is 5.75 Å². The van der Waals surface area contributed by atoms with Crippen LogP contribution < -0.4 is 5.32 Å². The molecule has 3 heteroatoms. The van der Waals surface area contributed by atoms with Gasteiger partial charge in [-0.2, -0.15) is 0 Å². The average molecular weight is 201 g/mol. The van der Waals surface area contributed by atoms with Crippen LogP contribution in [0.5, 0.6) is 5.75 Å². The van der Waals surface area contributed by atoms with E-state index in [1.54, 1.807) is 18.2 Å². The van der Waals surface area contributed by atoms with Crippen molar-refractivity contribution in [3.63, 3.8) is 0 Å². The number of hydrogen-bond donors (Lipinski definition) is 2. The third-order valence-corrected chi connectivity index (χ3v) is 2.21. The van der Waals surface area contributed by atoms with E-state index in [1.807, 2.05) is 18.2 Å².